The van der Waals surface area contributed by atoms with Crippen LogP contribution in [0.5, 0.6) is 0 Å². The molecule has 0 aromatic heterocycles. The number of rotatable bonds is 1. The Morgan fingerprint density at radius 3 is 2.95 bits per heavy atom. The molecule has 1 N–H and O–H groups in total. The van der Waals surface area contributed by atoms with Gasteiger partial charge in [0, 0.05) is 25.7 Å². The van der Waals surface area contributed by atoms with E-state index in [1.165, 1.54) is 11.1 Å². The van der Waals surface area contributed by atoms with E-state index in [2.05, 4.69) is 36.5 Å². The van der Waals surface area contributed by atoms with Gasteiger partial charge in [-0.2, -0.15) is 0 Å². The van der Waals surface area contributed by atoms with Gasteiger partial charge in [0.1, 0.15) is 0 Å². The molecule has 1 fully saturated rings. The molecule has 2 unspecified atom stereocenters. The van der Waals surface area contributed by atoms with Gasteiger partial charge in [-0.05, 0) is 37.3 Å². The number of nitrogens with zero attached hydrogens (tertiary/aromatic N) is 1. The van der Waals surface area contributed by atoms with Gasteiger partial charge in [0.2, 0.25) is 5.91 Å². The molecule has 1 heterocycles. The van der Waals surface area contributed by atoms with E-state index in [1.54, 1.807) is 0 Å². The molecule has 0 saturated carbocycles. The first-order chi connectivity index (χ1) is 9.25. The van der Waals surface area contributed by atoms with E-state index >= 15 is 0 Å². The molecule has 0 radical (unpaired) electrons. The highest BCUT2D eigenvalue weighted by molar-refractivity contribution is 5.85. The topological polar surface area (TPSA) is 32.3 Å². The van der Waals surface area contributed by atoms with Crippen LogP contribution in [0.4, 0.5) is 0 Å². The summed E-state index contributed by atoms with van der Waals surface area (Å²) in [4.78, 5) is 14.8. The van der Waals surface area contributed by atoms with Gasteiger partial charge in [-0.25, -0.2) is 0 Å². The molecule has 1 aromatic rings. The Morgan fingerprint density at radius 1 is 1.35 bits per heavy atom. The second-order valence-electron chi connectivity index (χ2n) is 5.78. The first-order valence-corrected chi connectivity index (χ1v) is 7.35. The summed E-state index contributed by atoms with van der Waals surface area (Å²) in [6.45, 7) is 4.76. The molecule has 1 aliphatic carbocycles. The van der Waals surface area contributed by atoms with E-state index in [-0.39, 0.29) is 18.3 Å². The standard InChI is InChI=1S/C16H22N2O.ClH/c1-12-11-18(10-9-17-12)16(19)15-8-4-6-13-5-2-3-7-14(13)15;/h2-3,5,7,12,15,17H,4,6,8-11H2,1H3;1H. The maximum atomic E-state index is 12.8. The summed E-state index contributed by atoms with van der Waals surface area (Å²) < 4.78 is 0. The normalized spacial score (nSPS) is 25.6. The lowest BCUT2D eigenvalue weighted by atomic mass is 9.82. The maximum absolute atomic E-state index is 12.8. The third-order valence-electron chi connectivity index (χ3n) is 4.35. The number of piperazine rings is 1. The monoisotopic (exact) mass is 294 g/mol. The third kappa shape index (κ3) is 2.99. The van der Waals surface area contributed by atoms with Crippen LogP contribution in [0.2, 0.25) is 0 Å². The van der Waals surface area contributed by atoms with Crippen LogP contribution in [0, 0.1) is 0 Å². The lowest BCUT2D eigenvalue weighted by Crippen LogP contribution is -2.52. The zero-order chi connectivity index (χ0) is 13.2. The quantitative estimate of drug-likeness (QED) is 0.862. The van der Waals surface area contributed by atoms with Gasteiger partial charge in [0.25, 0.3) is 0 Å². The van der Waals surface area contributed by atoms with Crippen molar-refractivity contribution in [3.63, 3.8) is 0 Å². The fourth-order valence-electron chi connectivity index (χ4n) is 3.36. The molecule has 1 saturated heterocycles. The molecule has 4 heteroatoms. The zero-order valence-corrected chi connectivity index (χ0v) is 12.8. The van der Waals surface area contributed by atoms with Crippen LogP contribution in [0.3, 0.4) is 0 Å². The number of fused-ring (bicyclic) bond motifs is 1. The number of aryl methyl sites for hydroxylation is 1. The minimum Gasteiger partial charge on any atom is -0.339 e. The summed E-state index contributed by atoms with van der Waals surface area (Å²) in [5.74, 6) is 0.427. The van der Waals surface area contributed by atoms with Crippen molar-refractivity contribution < 1.29 is 4.79 Å². The number of carbonyl (C=O) groups is 1. The van der Waals surface area contributed by atoms with Crippen LogP contribution >= 0.6 is 12.4 Å². The Morgan fingerprint density at radius 2 is 2.15 bits per heavy atom. The van der Waals surface area contributed by atoms with E-state index < -0.39 is 0 Å². The van der Waals surface area contributed by atoms with E-state index in [4.69, 9.17) is 0 Å². The van der Waals surface area contributed by atoms with Gasteiger partial charge in [0.15, 0.2) is 0 Å². The van der Waals surface area contributed by atoms with Crippen molar-refractivity contribution in [3.8, 4) is 0 Å². The minimum atomic E-state index is 0. The molecule has 3 rings (SSSR count). The van der Waals surface area contributed by atoms with E-state index in [0.29, 0.717) is 11.9 Å². The van der Waals surface area contributed by atoms with Gasteiger partial charge in [-0.1, -0.05) is 24.3 Å². The summed E-state index contributed by atoms with van der Waals surface area (Å²) in [6, 6.07) is 8.87. The summed E-state index contributed by atoms with van der Waals surface area (Å²) in [6.07, 6.45) is 3.27. The molecule has 110 valence electrons. The zero-order valence-electron chi connectivity index (χ0n) is 12.0. The first kappa shape index (κ1) is 15.3. The second kappa shape index (κ2) is 6.59. The first-order valence-electron chi connectivity index (χ1n) is 7.35. The number of carbonyl (C=O) groups excluding carboxylic acids is 1. The predicted molar refractivity (Wildman–Crippen MR) is 83.4 cm³/mol. The van der Waals surface area contributed by atoms with Gasteiger partial charge < -0.3 is 10.2 Å². The van der Waals surface area contributed by atoms with Gasteiger partial charge >= 0.3 is 0 Å². The Bertz CT molecular complexity index is 477. The predicted octanol–water partition coefficient (Wildman–Crippen LogP) is 2.35. The van der Waals surface area contributed by atoms with Crippen molar-refractivity contribution in [2.45, 2.75) is 38.1 Å². The van der Waals surface area contributed by atoms with Crippen LogP contribution in [0.1, 0.15) is 36.8 Å². The van der Waals surface area contributed by atoms with Gasteiger partial charge in [-0.3, -0.25) is 4.79 Å². The molecule has 20 heavy (non-hydrogen) atoms. The summed E-state index contributed by atoms with van der Waals surface area (Å²) in [5, 5.41) is 3.39. The van der Waals surface area contributed by atoms with Crippen molar-refractivity contribution in [2.24, 2.45) is 0 Å². The van der Waals surface area contributed by atoms with Crippen LogP contribution in [-0.2, 0) is 11.2 Å². The molecule has 1 aromatic carbocycles. The lowest BCUT2D eigenvalue weighted by molar-refractivity contribution is -0.134. The summed E-state index contributed by atoms with van der Waals surface area (Å²) in [5.41, 5.74) is 2.64. The van der Waals surface area contributed by atoms with Crippen molar-refractivity contribution in [2.75, 3.05) is 19.6 Å². The Labute approximate surface area is 127 Å². The van der Waals surface area contributed by atoms with Gasteiger partial charge in [0.05, 0.1) is 5.92 Å². The Balaban J connectivity index is 0.00000147. The van der Waals surface area contributed by atoms with Crippen molar-refractivity contribution in [1.82, 2.24) is 10.2 Å². The smallest absolute Gasteiger partial charge is 0.230 e. The highest BCUT2D eigenvalue weighted by Crippen LogP contribution is 2.33. The van der Waals surface area contributed by atoms with Crippen LogP contribution in [0.25, 0.3) is 0 Å². The number of benzene rings is 1. The average molecular weight is 295 g/mol. The lowest BCUT2D eigenvalue weighted by Gasteiger charge is -2.36. The number of halogens is 1. The number of hydrogen-bond donors (Lipinski definition) is 1. The molecular formula is C16H23ClN2O. The molecule has 1 aliphatic heterocycles. The average Bonchev–Trinajstić information content (AvgIpc) is 2.46. The molecule has 3 nitrogen and oxygen atoms in total. The van der Waals surface area contributed by atoms with E-state index in [1.807, 2.05) is 4.90 Å². The molecular weight excluding hydrogens is 272 g/mol. The number of nitrogens with one attached hydrogen (secondary N) is 1. The minimum absolute atomic E-state index is 0. The molecule has 0 spiro atoms. The molecule has 0 bridgehead atoms. The third-order valence-corrected chi connectivity index (χ3v) is 4.35. The maximum Gasteiger partial charge on any atom is 0.230 e. The highest BCUT2D eigenvalue weighted by Gasteiger charge is 2.31. The number of amides is 1. The van der Waals surface area contributed by atoms with Crippen LogP contribution < -0.4 is 5.32 Å². The summed E-state index contributed by atoms with van der Waals surface area (Å²) >= 11 is 0. The molecule has 2 aliphatic rings. The van der Waals surface area contributed by atoms with Crippen LogP contribution in [-0.4, -0.2) is 36.5 Å². The highest BCUT2D eigenvalue weighted by atomic mass is 35.5. The fraction of sp³-hybridized carbons (Fsp3) is 0.562. The van der Waals surface area contributed by atoms with Crippen molar-refractivity contribution >= 4 is 18.3 Å². The van der Waals surface area contributed by atoms with Gasteiger partial charge in [-0.15, -0.1) is 12.4 Å². The number of hydrogen-bond acceptors (Lipinski definition) is 2. The fourth-order valence-corrected chi connectivity index (χ4v) is 3.36. The Kier molecular flexibility index (Phi) is 5.06. The van der Waals surface area contributed by atoms with Crippen molar-refractivity contribution in [1.29, 1.82) is 0 Å². The van der Waals surface area contributed by atoms with E-state index in [9.17, 15) is 4.79 Å². The van der Waals surface area contributed by atoms with Crippen LogP contribution in [0.15, 0.2) is 24.3 Å². The van der Waals surface area contributed by atoms with E-state index in [0.717, 1.165) is 38.9 Å². The second-order valence-corrected chi connectivity index (χ2v) is 5.78. The van der Waals surface area contributed by atoms with Crippen molar-refractivity contribution in [3.05, 3.63) is 35.4 Å². The molecule has 2 atom stereocenters. The summed E-state index contributed by atoms with van der Waals surface area (Å²) in [7, 11) is 0. The Hall–Kier alpha value is -1.06. The molecule has 1 amide bonds. The SMILES string of the molecule is CC1CN(C(=O)C2CCCc3ccccc32)CCN1.Cl. The largest absolute Gasteiger partial charge is 0.339 e.